The van der Waals surface area contributed by atoms with Crippen LogP contribution >= 0.6 is 0 Å². The molecule has 110 valence electrons. The third-order valence-corrected chi connectivity index (χ3v) is 4.41. The first-order valence-corrected chi connectivity index (χ1v) is 8.23. The fraction of sp³-hybridized carbons (Fsp3) is 0.750. The van der Waals surface area contributed by atoms with Crippen molar-refractivity contribution in [2.75, 3.05) is 6.54 Å². The van der Waals surface area contributed by atoms with Gasteiger partial charge in [-0.2, -0.15) is 5.10 Å². The first kappa shape index (κ1) is 16.1. The van der Waals surface area contributed by atoms with E-state index >= 15 is 0 Å². The molecule has 0 aliphatic carbocycles. The van der Waals surface area contributed by atoms with Gasteiger partial charge in [0.2, 0.25) is 0 Å². The van der Waals surface area contributed by atoms with Gasteiger partial charge >= 0.3 is 0 Å². The van der Waals surface area contributed by atoms with Crippen molar-refractivity contribution in [1.29, 1.82) is 0 Å². The predicted octanol–water partition coefficient (Wildman–Crippen LogP) is 1.54. The largest absolute Gasteiger partial charge is 0.392 e. The summed E-state index contributed by atoms with van der Waals surface area (Å²) >= 11 is 0. The first-order chi connectivity index (χ1) is 9.11. The number of hydrogen-bond acceptors (Lipinski definition) is 4. The summed E-state index contributed by atoms with van der Waals surface area (Å²) < 4.78 is 26.3. The van der Waals surface area contributed by atoms with Gasteiger partial charge in [0, 0.05) is 12.1 Å². The second-order valence-electron chi connectivity index (χ2n) is 4.55. The SMILES string of the molecule is CCCCCCCCNS(=O)(=O)c1[nH]ncc1CO. The number of unbranched alkanes of at least 4 members (excludes halogenated alkanes) is 5. The van der Waals surface area contributed by atoms with E-state index in [1.54, 1.807) is 0 Å². The van der Waals surface area contributed by atoms with E-state index in [0.717, 1.165) is 19.3 Å². The third-order valence-electron chi connectivity index (χ3n) is 2.94. The van der Waals surface area contributed by atoms with Crippen molar-refractivity contribution in [1.82, 2.24) is 14.9 Å². The molecule has 0 fully saturated rings. The quantitative estimate of drug-likeness (QED) is 0.569. The standard InChI is InChI=1S/C12H23N3O3S/c1-2-3-4-5-6-7-8-14-19(17,18)12-11(10-16)9-13-15-12/h9,14,16H,2-8,10H2,1H3,(H,13,15). The number of hydrogen-bond donors (Lipinski definition) is 3. The van der Waals surface area contributed by atoms with E-state index in [1.807, 2.05) is 0 Å². The lowest BCUT2D eigenvalue weighted by molar-refractivity contribution is 0.278. The molecule has 1 heterocycles. The number of rotatable bonds is 10. The summed E-state index contributed by atoms with van der Waals surface area (Å²) in [5, 5.41) is 15.0. The van der Waals surface area contributed by atoms with Crippen molar-refractivity contribution >= 4 is 10.0 Å². The van der Waals surface area contributed by atoms with Gasteiger partial charge in [0.1, 0.15) is 0 Å². The summed E-state index contributed by atoms with van der Waals surface area (Å²) in [5.74, 6) is 0. The minimum absolute atomic E-state index is 0.0408. The molecule has 0 unspecified atom stereocenters. The fourth-order valence-corrected chi connectivity index (χ4v) is 3.02. The van der Waals surface area contributed by atoms with Gasteiger partial charge in [-0.25, -0.2) is 13.1 Å². The number of nitrogens with zero attached hydrogens (tertiary/aromatic N) is 1. The molecule has 0 aliphatic rings. The highest BCUT2D eigenvalue weighted by atomic mass is 32.2. The summed E-state index contributed by atoms with van der Waals surface area (Å²) in [6, 6.07) is 0. The van der Waals surface area contributed by atoms with E-state index in [0.29, 0.717) is 6.54 Å². The maximum atomic E-state index is 11.9. The Labute approximate surface area is 114 Å². The highest BCUT2D eigenvalue weighted by molar-refractivity contribution is 7.89. The Bertz CT molecular complexity index is 457. The molecule has 0 aromatic carbocycles. The minimum Gasteiger partial charge on any atom is -0.392 e. The molecule has 6 nitrogen and oxygen atoms in total. The van der Waals surface area contributed by atoms with E-state index in [1.165, 1.54) is 25.5 Å². The average Bonchev–Trinajstić information content (AvgIpc) is 2.87. The molecule has 7 heteroatoms. The highest BCUT2D eigenvalue weighted by Gasteiger charge is 2.19. The number of sulfonamides is 1. The number of aliphatic hydroxyl groups excluding tert-OH is 1. The summed E-state index contributed by atoms with van der Waals surface area (Å²) in [6.07, 6.45) is 7.96. The molecule has 0 spiro atoms. The monoisotopic (exact) mass is 289 g/mol. The molecular weight excluding hydrogens is 266 g/mol. The zero-order valence-corrected chi connectivity index (χ0v) is 12.2. The Morgan fingerprint density at radius 3 is 2.63 bits per heavy atom. The molecule has 0 radical (unpaired) electrons. The van der Waals surface area contributed by atoms with Gasteiger partial charge in [0.05, 0.1) is 12.8 Å². The van der Waals surface area contributed by atoms with Crippen molar-refractivity contribution < 1.29 is 13.5 Å². The third kappa shape index (κ3) is 5.30. The maximum Gasteiger partial charge on any atom is 0.257 e. The van der Waals surface area contributed by atoms with E-state index in [9.17, 15) is 8.42 Å². The van der Waals surface area contributed by atoms with Crippen LogP contribution in [0.3, 0.4) is 0 Å². The van der Waals surface area contributed by atoms with Gasteiger partial charge in [-0.1, -0.05) is 39.0 Å². The van der Waals surface area contributed by atoms with E-state index in [2.05, 4.69) is 21.8 Å². The van der Waals surface area contributed by atoms with Crippen LogP contribution < -0.4 is 4.72 Å². The van der Waals surface area contributed by atoms with Crippen LogP contribution in [0.4, 0.5) is 0 Å². The summed E-state index contributed by atoms with van der Waals surface area (Å²) in [5.41, 5.74) is 0.287. The van der Waals surface area contributed by atoms with Crippen molar-refractivity contribution in [3.8, 4) is 0 Å². The zero-order chi connectivity index (χ0) is 14.1. The molecule has 3 N–H and O–H groups in total. The molecule has 1 aromatic rings. The number of nitrogens with one attached hydrogen (secondary N) is 2. The Morgan fingerprint density at radius 1 is 1.26 bits per heavy atom. The van der Waals surface area contributed by atoms with Crippen LogP contribution in [0.25, 0.3) is 0 Å². The van der Waals surface area contributed by atoms with Crippen LogP contribution in [0.5, 0.6) is 0 Å². The lowest BCUT2D eigenvalue weighted by Crippen LogP contribution is -2.26. The van der Waals surface area contributed by atoms with E-state index in [-0.39, 0.29) is 17.2 Å². The van der Waals surface area contributed by atoms with Gasteiger partial charge in [0.15, 0.2) is 5.03 Å². The Balaban J connectivity index is 2.32. The first-order valence-electron chi connectivity index (χ1n) is 6.74. The van der Waals surface area contributed by atoms with Gasteiger partial charge in [-0.3, -0.25) is 5.10 Å². The molecule has 19 heavy (non-hydrogen) atoms. The molecular formula is C12H23N3O3S. The van der Waals surface area contributed by atoms with E-state index in [4.69, 9.17) is 5.11 Å². The molecule has 0 aliphatic heterocycles. The van der Waals surface area contributed by atoms with Gasteiger partial charge in [-0.15, -0.1) is 0 Å². The van der Waals surface area contributed by atoms with Crippen molar-refractivity contribution in [3.05, 3.63) is 11.8 Å². The number of aromatic nitrogens is 2. The second-order valence-corrected chi connectivity index (χ2v) is 6.25. The fourth-order valence-electron chi connectivity index (χ4n) is 1.83. The van der Waals surface area contributed by atoms with Crippen molar-refractivity contribution in [2.45, 2.75) is 57.1 Å². The molecule has 0 saturated heterocycles. The zero-order valence-electron chi connectivity index (χ0n) is 11.4. The minimum atomic E-state index is -3.59. The molecule has 1 aromatic heterocycles. The van der Waals surface area contributed by atoms with Gasteiger partial charge < -0.3 is 5.11 Å². The summed E-state index contributed by atoms with van der Waals surface area (Å²) in [7, 11) is -3.59. The Morgan fingerprint density at radius 2 is 1.95 bits per heavy atom. The highest BCUT2D eigenvalue weighted by Crippen LogP contribution is 2.11. The van der Waals surface area contributed by atoms with Crippen LogP contribution in [0.15, 0.2) is 11.2 Å². The van der Waals surface area contributed by atoms with Crippen molar-refractivity contribution in [3.63, 3.8) is 0 Å². The number of aliphatic hydroxyl groups is 1. The van der Waals surface area contributed by atoms with Crippen LogP contribution in [-0.2, 0) is 16.6 Å². The normalized spacial score (nSPS) is 11.9. The average molecular weight is 289 g/mol. The topological polar surface area (TPSA) is 95.1 Å². The molecule has 0 amide bonds. The number of aromatic amines is 1. The van der Waals surface area contributed by atoms with Gasteiger partial charge in [0.25, 0.3) is 10.0 Å². The number of H-pyrrole nitrogens is 1. The Kier molecular flexibility index (Phi) is 7.04. The van der Waals surface area contributed by atoms with Gasteiger partial charge in [-0.05, 0) is 6.42 Å². The smallest absolute Gasteiger partial charge is 0.257 e. The Hall–Kier alpha value is -0.920. The predicted molar refractivity (Wildman–Crippen MR) is 73.1 cm³/mol. The molecule has 1 rings (SSSR count). The second kappa shape index (κ2) is 8.29. The van der Waals surface area contributed by atoms with Crippen LogP contribution in [-0.4, -0.2) is 30.3 Å². The maximum absolute atomic E-state index is 11.9. The van der Waals surface area contributed by atoms with Crippen molar-refractivity contribution in [2.24, 2.45) is 0 Å². The summed E-state index contributed by atoms with van der Waals surface area (Å²) in [6.45, 7) is 2.24. The lowest BCUT2D eigenvalue weighted by Gasteiger charge is -2.06. The molecule has 0 saturated carbocycles. The van der Waals surface area contributed by atoms with Crippen LogP contribution in [0.1, 0.15) is 51.0 Å². The summed E-state index contributed by atoms with van der Waals surface area (Å²) in [4.78, 5) is 0. The van der Waals surface area contributed by atoms with Crippen LogP contribution in [0.2, 0.25) is 0 Å². The lowest BCUT2D eigenvalue weighted by atomic mass is 10.1. The van der Waals surface area contributed by atoms with E-state index < -0.39 is 10.0 Å². The van der Waals surface area contributed by atoms with Crippen LogP contribution in [0, 0.1) is 0 Å². The molecule has 0 bridgehead atoms. The molecule has 0 atom stereocenters.